The fourth-order valence-electron chi connectivity index (χ4n) is 2.05. The number of hydrogen-bond donors (Lipinski definition) is 3. The summed E-state index contributed by atoms with van der Waals surface area (Å²) >= 11 is 0. The molecule has 0 aliphatic rings. The molecular formula is C17H20N2O2. The maximum absolute atomic E-state index is 11.9. The summed E-state index contributed by atoms with van der Waals surface area (Å²) in [6, 6.07) is 15.1. The molecule has 0 aliphatic carbocycles. The first-order valence-corrected chi connectivity index (χ1v) is 7.01. The van der Waals surface area contributed by atoms with E-state index in [1.165, 1.54) is 0 Å². The van der Waals surface area contributed by atoms with Crippen LogP contribution in [0, 0.1) is 0 Å². The lowest BCUT2D eigenvalue weighted by atomic mass is 10.1. The van der Waals surface area contributed by atoms with Gasteiger partial charge in [-0.1, -0.05) is 24.3 Å². The molecule has 0 saturated heterocycles. The largest absolute Gasteiger partial charge is 0.399 e. The number of carbonyl (C=O) groups is 1. The van der Waals surface area contributed by atoms with Crippen LogP contribution in [-0.2, 0) is 17.6 Å². The van der Waals surface area contributed by atoms with Gasteiger partial charge >= 0.3 is 0 Å². The molecule has 2 aromatic rings. The van der Waals surface area contributed by atoms with Crippen LogP contribution >= 0.6 is 0 Å². The van der Waals surface area contributed by atoms with Crippen LogP contribution in [-0.4, -0.2) is 17.6 Å². The Morgan fingerprint density at radius 3 is 2.14 bits per heavy atom. The van der Waals surface area contributed by atoms with Crippen LogP contribution in [0.4, 0.5) is 11.4 Å². The number of nitrogens with two attached hydrogens (primary N) is 1. The van der Waals surface area contributed by atoms with E-state index in [0.29, 0.717) is 19.3 Å². The Hall–Kier alpha value is -2.33. The molecule has 0 aliphatic heterocycles. The van der Waals surface area contributed by atoms with E-state index in [0.717, 1.165) is 22.5 Å². The van der Waals surface area contributed by atoms with Gasteiger partial charge < -0.3 is 16.2 Å². The van der Waals surface area contributed by atoms with Crippen molar-refractivity contribution in [3.8, 4) is 0 Å². The van der Waals surface area contributed by atoms with Crippen molar-refractivity contribution in [2.24, 2.45) is 0 Å². The summed E-state index contributed by atoms with van der Waals surface area (Å²) in [7, 11) is 0. The fraction of sp³-hybridized carbons (Fsp3) is 0.235. The normalized spacial score (nSPS) is 10.3. The second kappa shape index (κ2) is 7.45. The van der Waals surface area contributed by atoms with Gasteiger partial charge in [0.05, 0.1) is 0 Å². The minimum absolute atomic E-state index is 0.0123. The number of anilines is 2. The molecule has 0 heterocycles. The van der Waals surface area contributed by atoms with Gasteiger partial charge in [-0.05, 0) is 48.2 Å². The highest BCUT2D eigenvalue weighted by molar-refractivity contribution is 5.90. The van der Waals surface area contributed by atoms with Gasteiger partial charge in [0, 0.05) is 24.4 Å². The highest BCUT2D eigenvalue weighted by Gasteiger charge is 2.03. The van der Waals surface area contributed by atoms with Crippen LogP contribution in [0.25, 0.3) is 0 Å². The van der Waals surface area contributed by atoms with E-state index < -0.39 is 0 Å². The lowest BCUT2D eigenvalue weighted by Crippen LogP contribution is -2.12. The predicted molar refractivity (Wildman–Crippen MR) is 85.0 cm³/mol. The molecule has 0 aromatic heterocycles. The summed E-state index contributed by atoms with van der Waals surface area (Å²) in [5.74, 6) is -0.0123. The van der Waals surface area contributed by atoms with Crippen molar-refractivity contribution in [3.05, 3.63) is 59.7 Å². The molecule has 21 heavy (non-hydrogen) atoms. The highest BCUT2D eigenvalue weighted by Crippen LogP contribution is 2.12. The quantitative estimate of drug-likeness (QED) is 0.713. The molecule has 0 spiro atoms. The summed E-state index contributed by atoms with van der Waals surface area (Å²) in [5, 5.41) is 11.7. The maximum Gasteiger partial charge on any atom is 0.224 e. The van der Waals surface area contributed by atoms with Gasteiger partial charge in [0.15, 0.2) is 0 Å². The molecule has 0 fully saturated rings. The number of aryl methyl sites for hydroxylation is 1. The Labute approximate surface area is 124 Å². The Bertz CT molecular complexity index is 577. The Morgan fingerprint density at radius 1 is 0.952 bits per heavy atom. The van der Waals surface area contributed by atoms with E-state index in [-0.39, 0.29) is 12.5 Å². The van der Waals surface area contributed by atoms with Crippen molar-refractivity contribution in [2.45, 2.75) is 19.3 Å². The summed E-state index contributed by atoms with van der Waals surface area (Å²) in [5.41, 5.74) is 9.28. The molecule has 0 radical (unpaired) electrons. The Morgan fingerprint density at radius 2 is 1.52 bits per heavy atom. The number of nitrogens with one attached hydrogen (secondary N) is 1. The summed E-state index contributed by atoms with van der Waals surface area (Å²) in [6.07, 6.45) is 1.75. The first-order valence-electron chi connectivity index (χ1n) is 7.01. The molecule has 0 saturated carbocycles. The van der Waals surface area contributed by atoms with Crippen LogP contribution in [0.1, 0.15) is 17.5 Å². The zero-order chi connectivity index (χ0) is 15.1. The molecule has 4 heteroatoms. The lowest BCUT2D eigenvalue weighted by molar-refractivity contribution is -0.116. The molecule has 0 atom stereocenters. The first-order chi connectivity index (χ1) is 10.2. The van der Waals surface area contributed by atoms with Gasteiger partial charge in [0.2, 0.25) is 5.91 Å². The third-order valence-corrected chi connectivity index (χ3v) is 3.26. The van der Waals surface area contributed by atoms with Crippen LogP contribution in [0.3, 0.4) is 0 Å². The summed E-state index contributed by atoms with van der Waals surface area (Å²) in [4.78, 5) is 11.9. The minimum atomic E-state index is -0.0123. The van der Waals surface area contributed by atoms with Crippen molar-refractivity contribution in [1.82, 2.24) is 0 Å². The van der Waals surface area contributed by atoms with E-state index in [1.807, 2.05) is 48.5 Å². The zero-order valence-corrected chi connectivity index (χ0v) is 11.9. The summed E-state index contributed by atoms with van der Waals surface area (Å²) in [6.45, 7) is 0.132. The minimum Gasteiger partial charge on any atom is -0.399 e. The highest BCUT2D eigenvalue weighted by atomic mass is 16.2. The SMILES string of the molecule is Nc1ccc(CCC(=O)Nc2ccc(CCO)cc2)cc1. The third kappa shape index (κ3) is 4.93. The van der Waals surface area contributed by atoms with Gasteiger partial charge in [-0.2, -0.15) is 0 Å². The van der Waals surface area contributed by atoms with Crippen molar-refractivity contribution >= 4 is 17.3 Å². The van der Waals surface area contributed by atoms with Gasteiger partial charge in [-0.15, -0.1) is 0 Å². The topological polar surface area (TPSA) is 75.4 Å². The number of carbonyl (C=O) groups excluding carboxylic acids is 1. The van der Waals surface area contributed by atoms with Crippen LogP contribution < -0.4 is 11.1 Å². The third-order valence-electron chi connectivity index (χ3n) is 3.26. The van der Waals surface area contributed by atoms with E-state index >= 15 is 0 Å². The van der Waals surface area contributed by atoms with Gasteiger partial charge in [-0.3, -0.25) is 4.79 Å². The van der Waals surface area contributed by atoms with Crippen molar-refractivity contribution in [2.75, 3.05) is 17.7 Å². The van der Waals surface area contributed by atoms with E-state index in [4.69, 9.17) is 10.8 Å². The average molecular weight is 284 g/mol. The number of aliphatic hydroxyl groups excluding tert-OH is 1. The number of nitrogen functional groups attached to an aromatic ring is 1. The molecule has 0 bridgehead atoms. The monoisotopic (exact) mass is 284 g/mol. The zero-order valence-electron chi connectivity index (χ0n) is 11.9. The lowest BCUT2D eigenvalue weighted by Gasteiger charge is -2.06. The number of hydrogen-bond acceptors (Lipinski definition) is 3. The van der Waals surface area contributed by atoms with Crippen molar-refractivity contribution in [3.63, 3.8) is 0 Å². The molecule has 2 rings (SSSR count). The first kappa shape index (κ1) is 15.1. The van der Waals surface area contributed by atoms with Crippen LogP contribution in [0.5, 0.6) is 0 Å². The van der Waals surface area contributed by atoms with Gasteiger partial charge in [-0.25, -0.2) is 0 Å². The Balaban J connectivity index is 1.82. The van der Waals surface area contributed by atoms with E-state index in [9.17, 15) is 4.79 Å². The van der Waals surface area contributed by atoms with Gasteiger partial charge in [0.25, 0.3) is 0 Å². The number of aliphatic hydroxyl groups is 1. The predicted octanol–water partition coefficient (Wildman–Crippen LogP) is 2.37. The molecule has 1 amide bonds. The van der Waals surface area contributed by atoms with Crippen LogP contribution in [0.2, 0.25) is 0 Å². The second-order valence-corrected chi connectivity index (χ2v) is 4.96. The average Bonchev–Trinajstić information content (AvgIpc) is 2.49. The van der Waals surface area contributed by atoms with Crippen molar-refractivity contribution in [1.29, 1.82) is 0 Å². The maximum atomic E-state index is 11.9. The van der Waals surface area contributed by atoms with E-state index in [1.54, 1.807) is 0 Å². The summed E-state index contributed by atoms with van der Waals surface area (Å²) < 4.78 is 0. The molecule has 4 nitrogen and oxygen atoms in total. The number of benzene rings is 2. The molecule has 4 N–H and O–H groups in total. The molecule has 0 unspecified atom stereocenters. The fourth-order valence-corrected chi connectivity index (χ4v) is 2.05. The Kier molecular flexibility index (Phi) is 5.35. The standard InChI is InChI=1S/C17H20N2O2/c18-15-6-1-13(2-7-15)5-10-17(21)19-16-8-3-14(4-9-16)11-12-20/h1-4,6-9,20H,5,10-12,18H2,(H,19,21). The number of amides is 1. The van der Waals surface area contributed by atoms with E-state index in [2.05, 4.69) is 5.32 Å². The van der Waals surface area contributed by atoms with Crippen LogP contribution in [0.15, 0.2) is 48.5 Å². The van der Waals surface area contributed by atoms with Crippen molar-refractivity contribution < 1.29 is 9.90 Å². The van der Waals surface area contributed by atoms with Gasteiger partial charge in [0.1, 0.15) is 0 Å². The molecular weight excluding hydrogens is 264 g/mol. The number of rotatable bonds is 6. The molecule has 110 valence electrons. The smallest absolute Gasteiger partial charge is 0.224 e. The molecule has 2 aromatic carbocycles. The second-order valence-electron chi connectivity index (χ2n) is 4.96.